The Kier molecular flexibility index (Phi) is 4.20. The molecule has 0 aliphatic carbocycles. The van der Waals surface area contributed by atoms with Crippen molar-refractivity contribution in [1.29, 1.82) is 0 Å². The highest BCUT2D eigenvalue weighted by Gasteiger charge is 2.31. The summed E-state index contributed by atoms with van der Waals surface area (Å²) in [6.45, 7) is 7.13. The Morgan fingerprint density at radius 3 is 2.38 bits per heavy atom. The van der Waals surface area contributed by atoms with E-state index in [0.717, 1.165) is 25.9 Å². The fourth-order valence-electron chi connectivity index (χ4n) is 2.24. The third kappa shape index (κ3) is 2.68. The van der Waals surface area contributed by atoms with Gasteiger partial charge in [-0.1, -0.05) is 26.7 Å². The van der Waals surface area contributed by atoms with E-state index in [4.69, 9.17) is 4.74 Å². The Morgan fingerprint density at radius 1 is 1.38 bits per heavy atom. The summed E-state index contributed by atoms with van der Waals surface area (Å²) in [5.41, 5.74) is 0. The lowest BCUT2D eigenvalue weighted by Gasteiger charge is -2.24. The highest BCUT2D eigenvalue weighted by atomic mass is 16.5. The monoisotopic (exact) mass is 186 g/mol. The van der Waals surface area contributed by atoms with Crippen molar-refractivity contribution < 1.29 is 9.84 Å². The molecule has 13 heavy (non-hydrogen) atoms. The second kappa shape index (κ2) is 4.97. The zero-order chi connectivity index (χ0) is 9.84. The van der Waals surface area contributed by atoms with E-state index >= 15 is 0 Å². The Labute approximate surface area is 81.3 Å². The van der Waals surface area contributed by atoms with E-state index in [9.17, 15) is 5.11 Å². The molecule has 1 fully saturated rings. The molecule has 0 amide bonds. The molecule has 1 rings (SSSR count). The Bertz CT molecular complexity index is 143. The molecule has 1 aliphatic rings. The molecular formula is C11H22O2. The van der Waals surface area contributed by atoms with Gasteiger partial charge in [0.05, 0.1) is 18.8 Å². The van der Waals surface area contributed by atoms with Gasteiger partial charge in [-0.3, -0.25) is 0 Å². The first-order valence-electron chi connectivity index (χ1n) is 5.48. The van der Waals surface area contributed by atoms with Crippen molar-refractivity contribution in [3.05, 3.63) is 0 Å². The molecule has 1 heterocycles. The fraction of sp³-hybridized carbons (Fsp3) is 1.00. The van der Waals surface area contributed by atoms with E-state index in [1.165, 1.54) is 0 Å². The van der Waals surface area contributed by atoms with Gasteiger partial charge in [-0.25, -0.2) is 0 Å². The number of hydrogen-bond acceptors (Lipinski definition) is 2. The number of ether oxygens (including phenoxy) is 1. The third-order valence-corrected chi connectivity index (χ3v) is 3.24. The SMILES string of the molecule is CCC(CC)C(O)C1COC(C)C1. The first-order valence-corrected chi connectivity index (χ1v) is 5.48. The van der Waals surface area contributed by atoms with Gasteiger partial charge in [-0.2, -0.15) is 0 Å². The fourth-order valence-corrected chi connectivity index (χ4v) is 2.24. The molecule has 0 aromatic carbocycles. The smallest absolute Gasteiger partial charge is 0.0619 e. The van der Waals surface area contributed by atoms with Gasteiger partial charge < -0.3 is 9.84 Å². The maximum absolute atomic E-state index is 10.0. The minimum atomic E-state index is -0.153. The van der Waals surface area contributed by atoms with E-state index in [-0.39, 0.29) is 6.10 Å². The molecule has 1 N–H and O–H groups in total. The number of aliphatic hydroxyl groups excluding tert-OH is 1. The van der Waals surface area contributed by atoms with Crippen LogP contribution in [0.3, 0.4) is 0 Å². The molecule has 78 valence electrons. The van der Waals surface area contributed by atoms with Crippen molar-refractivity contribution in [2.45, 2.75) is 52.2 Å². The number of rotatable bonds is 4. The van der Waals surface area contributed by atoms with E-state index in [0.29, 0.717) is 17.9 Å². The predicted octanol–water partition coefficient (Wildman–Crippen LogP) is 2.21. The topological polar surface area (TPSA) is 29.5 Å². The minimum absolute atomic E-state index is 0.153. The first-order chi connectivity index (χ1) is 6.19. The maximum Gasteiger partial charge on any atom is 0.0619 e. The minimum Gasteiger partial charge on any atom is -0.392 e. The molecule has 2 nitrogen and oxygen atoms in total. The van der Waals surface area contributed by atoms with Gasteiger partial charge in [-0.15, -0.1) is 0 Å². The first kappa shape index (κ1) is 11.0. The van der Waals surface area contributed by atoms with Crippen molar-refractivity contribution in [3.8, 4) is 0 Å². The standard InChI is InChI=1S/C11H22O2/c1-4-9(5-2)11(12)10-6-8(3)13-7-10/h8-12H,4-7H2,1-3H3. The van der Waals surface area contributed by atoms with Crippen LogP contribution in [0.25, 0.3) is 0 Å². The summed E-state index contributed by atoms with van der Waals surface area (Å²) in [7, 11) is 0. The van der Waals surface area contributed by atoms with Gasteiger partial charge in [0.25, 0.3) is 0 Å². The Morgan fingerprint density at radius 2 is 2.00 bits per heavy atom. The van der Waals surface area contributed by atoms with Gasteiger partial charge in [0.15, 0.2) is 0 Å². The lowest BCUT2D eigenvalue weighted by Crippen LogP contribution is -2.29. The lowest BCUT2D eigenvalue weighted by atomic mass is 9.86. The zero-order valence-electron chi connectivity index (χ0n) is 8.99. The highest BCUT2D eigenvalue weighted by Crippen LogP contribution is 2.28. The summed E-state index contributed by atoms with van der Waals surface area (Å²) in [6.07, 6.45) is 3.36. The van der Waals surface area contributed by atoms with E-state index in [1.54, 1.807) is 0 Å². The predicted molar refractivity (Wildman–Crippen MR) is 53.6 cm³/mol. The van der Waals surface area contributed by atoms with E-state index < -0.39 is 0 Å². The Hall–Kier alpha value is -0.0800. The maximum atomic E-state index is 10.0. The second-order valence-electron chi connectivity index (χ2n) is 4.21. The van der Waals surface area contributed by atoms with Gasteiger partial charge in [0, 0.05) is 5.92 Å². The average Bonchev–Trinajstić information content (AvgIpc) is 2.54. The molecule has 0 aromatic heterocycles. The summed E-state index contributed by atoms with van der Waals surface area (Å²) >= 11 is 0. The van der Waals surface area contributed by atoms with Crippen molar-refractivity contribution in [2.75, 3.05) is 6.61 Å². The normalized spacial score (nSPS) is 31.2. The summed E-state index contributed by atoms with van der Waals surface area (Å²) in [5, 5.41) is 10.0. The van der Waals surface area contributed by atoms with Crippen LogP contribution in [0.4, 0.5) is 0 Å². The molecule has 0 bridgehead atoms. The molecule has 3 atom stereocenters. The lowest BCUT2D eigenvalue weighted by molar-refractivity contribution is 0.0372. The summed E-state index contributed by atoms with van der Waals surface area (Å²) in [4.78, 5) is 0. The van der Waals surface area contributed by atoms with Crippen LogP contribution < -0.4 is 0 Å². The van der Waals surface area contributed by atoms with Crippen LogP contribution in [0, 0.1) is 11.8 Å². The van der Waals surface area contributed by atoms with Crippen molar-refractivity contribution in [1.82, 2.24) is 0 Å². The van der Waals surface area contributed by atoms with Crippen LogP contribution in [-0.2, 0) is 4.74 Å². The molecule has 3 unspecified atom stereocenters. The van der Waals surface area contributed by atoms with Gasteiger partial charge in [-0.05, 0) is 19.3 Å². The molecular weight excluding hydrogens is 164 g/mol. The van der Waals surface area contributed by atoms with Crippen LogP contribution >= 0.6 is 0 Å². The highest BCUT2D eigenvalue weighted by molar-refractivity contribution is 4.80. The van der Waals surface area contributed by atoms with Crippen LogP contribution in [0.15, 0.2) is 0 Å². The average molecular weight is 186 g/mol. The van der Waals surface area contributed by atoms with Gasteiger partial charge in [0.1, 0.15) is 0 Å². The van der Waals surface area contributed by atoms with Crippen LogP contribution in [-0.4, -0.2) is 23.9 Å². The molecule has 2 heteroatoms. The van der Waals surface area contributed by atoms with Crippen molar-refractivity contribution in [2.24, 2.45) is 11.8 Å². The summed E-state index contributed by atoms with van der Waals surface area (Å²) < 4.78 is 5.47. The molecule has 0 radical (unpaired) electrons. The van der Waals surface area contributed by atoms with Crippen LogP contribution in [0.2, 0.25) is 0 Å². The van der Waals surface area contributed by atoms with Crippen molar-refractivity contribution in [3.63, 3.8) is 0 Å². The third-order valence-electron chi connectivity index (χ3n) is 3.24. The number of aliphatic hydroxyl groups is 1. The number of hydrogen-bond donors (Lipinski definition) is 1. The molecule has 0 aromatic rings. The zero-order valence-corrected chi connectivity index (χ0v) is 8.99. The Balaban J connectivity index is 2.41. The molecule has 1 aliphatic heterocycles. The quantitative estimate of drug-likeness (QED) is 0.729. The van der Waals surface area contributed by atoms with Crippen LogP contribution in [0.5, 0.6) is 0 Å². The summed E-state index contributed by atoms with van der Waals surface area (Å²) in [5.74, 6) is 0.832. The van der Waals surface area contributed by atoms with Gasteiger partial charge in [0.2, 0.25) is 0 Å². The summed E-state index contributed by atoms with van der Waals surface area (Å²) in [6, 6.07) is 0. The van der Waals surface area contributed by atoms with E-state index in [2.05, 4.69) is 20.8 Å². The van der Waals surface area contributed by atoms with E-state index in [1.807, 2.05) is 0 Å². The van der Waals surface area contributed by atoms with Gasteiger partial charge >= 0.3 is 0 Å². The molecule has 1 saturated heterocycles. The van der Waals surface area contributed by atoms with Crippen LogP contribution in [0.1, 0.15) is 40.0 Å². The largest absolute Gasteiger partial charge is 0.392 e. The van der Waals surface area contributed by atoms with Crippen molar-refractivity contribution >= 4 is 0 Å². The molecule has 0 spiro atoms. The molecule has 0 saturated carbocycles. The second-order valence-corrected chi connectivity index (χ2v) is 4.21.